The van der Waals surface area contributed by atoms with Gasteiger partial charge in [-0.2, -0.15) is 9.97 Å². The second-order valence-electron chi connectivity index (χ2n) is 21.5. The number of aryl methyl sites for hydroxylation is 1. The Morgan fingerprint density at radius 2 is 1.67 bits per heavy atom. The van der Waals surface area contributed by atoms with E-state index in [0.717, 1.165) is 44.2 Å². The number of likely N-dealkylation sites (tertiary alicyclic amines) is 1. The average molecular weight is 985 g/mol. The van der Waals surface area contributed by atoms with Crippen LogP contribution in [0, 0.1) is 11.6 Å². The van der Waals surface area contributed by atoms with Crippen molar-refractivity contribution in [3.63, 3.8) is 0 Å². The Kier molecular flexibility index (Phi) is 15.6. The van der Waals surface area contributed by atoms with E-state index in [1.54, 1.807) is 11.0 Å². The summed E-state index contributed by atoms with van der Waals surface area (Å²) in [5.41, 5.74) is 1.35. The number of amides is 1. The van der Waals surface area contributed by atoms with Crippen LogP contribution in [0.4, 0.5) is 18.0 Å². The highest BCUT2D eigenvalue weighted by Gasteiger charge is 2.50. The fourth-order valence-corrected chi connectivity index (χ4v) is 16.6. The number of benzene rings is 2. The van der Waals surface area contributed by atoms with Crippen LogP contribution in [0.1, 0.15) is 118 Å². The standard InChI is InChI=1S/C54H71F3N6O6Si/c1-34(2)70(35(3)4,36(5)6)69-40-25-42(46-41(44(56)29-58-45(46)26-40)20-15-24-65-39-19-13-14-22-62(31-39)52(64)68-53(7,8)9)48-47(57)49-43(28-59-48)50(66-32-37-17-11-10-12-18-37)61-51(60-49)67-33-54-21-16-23-63(54)30-38(55)27-54/h10-12,17-18,25-26,28-29,34-36,38-39H,13-16,19-24,27,30-33H2,1-9H3/t38-,39-,54+/m1/s1. The Labute approximate surface area is 412 Å². The molecule has 0 unspecified atom stereocenters. The van der Waals surface area contributed by atoms with Crippen molar-refractivity contribution in [2.45, 2.75) is 160 Å². The van der Waals surface area contributed by atoms with Crippen molar-refractivity contribution in [3.8, 4) is 28.9 Å². The third kappa shape index (κ3) is 11.0. The van der Waals surface area contributed by atoms with Crippen molar-refractivity contribution in [3.05, 3.63) is 77.6 Å². The number of rotatable bonds is 17. The predicted molar refractivity (Wildman–Crippen MR) is 269 cm³/mol. The number of ether oxygens (including phenoxy) is 4. The number of alkyl halides is 1. The van der Waals surface area contributed by atoms with Crippen LogP contribution in [-0.2, 0) is 22.5 Å². The van der Waals surface area contributed by atoms with Crippen LogP contribution < -0.4 is 13.9 Å². The summed E-state index contributed by atoms with van der Waals surface area (Å²) >= 11 is 0. The number of hydrogen-bond donors (Lipinski definition) is 0. The Balaban J connectivity index is 1.19. The lowest BCUT2D eigenvalue weighted by Crippen LogP contribution is -2.50. The van der Waals surface area contributed by atoms with Crippen molar-refractivity contribution in [2.75, 3.05) is 39.4 Å². The lowest BCUT2D eigenvalue weighted by atomic mass is 9.95. The lowest BCUT2D eigenvalue weighted by molar-refractivity contribution is 0.000745. The van der Waals surface area contributed by atoms with Gasteiger partial charge in [0.1, 0.15) is 47.8 Å². The molecule has 70 heavy (non-hydrogen) atoms. The number of pyridine rings is 2. The fourth-order valence-electron chi connectivity index (χ4n) is 11.4. The number of fused-ring (bicyclic) bond motifs is 3. The van der Waals surface area contributed by atoms with E-state index in [2.05, 4.69) is 61.4 Å². The van der Waals surface area contributed by atoms with Gasteiger partial charge in [0.15, 0.2) is 5.82 Å². The van der Waals surface area contributed by atoms with Gasteiger partial charge in [0.2, 0.25) is 5.88 Å². The molecule has 0 radical (unpaired) electrons. The first-order chi connectivity index (χ1) is 33.4. The molecule has 0 spiro atoms. The molecule has 3 fully saturated rings. The first-order valence-corrected chi connectivity index (χ1v) is 27.5. The second kappa shape index (κ2) is 21.3. The molecule has 8 rings (SSSR count). The molecule has 0 saturated carbocycles. The van der Waals surface area contributed by atoms with Crippen molar-refractivity contribution in [2.24, 2.45) is 0 Å². The first-order valence-electron chi connectivity index (χ1n) is 25.3. The molecule has 378 valence electrons. The summed E-state index contributed by atoms with van der Waals surface area (Å²) in [7, 11) is -2.56. The number of halogens is 3. The summed E-state index contributed by atoms with van der Waals surface area (Å²) in [4.78, 5) is 35.6. The second-order valence-corrected chi connectivity index (χ2v) is 26.9. The van der Waals surface area contributed by atoms with E-state index in [4.69, 9.17) is 28.4 Å². The van der Waals surface area contributed by atoms with Crippen LogP contribution in [-0.4, -0.2) is 107 Å². The first kappa shape index (κ1) is 51.3. The zero-order valence-electron chi connectivity index (χ0n) is 42.5. The molecule has 3 aliphatic heterocycles. The maximum Gasteiger partial charge on any atom is 0.410 e. The normalized spacial score (nSPS) is 20.2. The van der Waals surface area contributed by atoms with Crippen LogP contribution in [0.25, 0.3) is 33.1 Å². The number of aromatic nitrogens is 4. The van der Waals surface area contributed by atoms with E-state index in [0.29, 0.717) is 66.9 Å². The van der Waals surface area contributed by atoms with Crippen molar-refractivity contribution in [1.82, 2.24) is 29.7 Å². The van der Waals surface area contributed by atoms with Gasteiger partial charge in [-0.1, -0.05) is 71.9 Å². The maximum absolute atomic E-state index is 17.9. The monoisotopic (exact) mass is 985 g/mol. The van der Waals surface area contributed by atoms with Crippen molar-refractivity contribution >= 4 is 36.2 Å². The SMILES string of the molecule is CC(C)[Si](Oc1cc(-c2ncc3c(OCc4ccccc4)nc(OC[C@@]45CCCN4C[C@H](F)C5)nc3c2F)c2c(CCCO[C@@H]3CCCCN(C(=O)OC(C)(C)C)C3)c(F)cnc2c1)(C(C)C)C(C)C. The van der Waals surface area contributed by atoms with Crippen LogP contribution in [0.2, 0.25) is 16.6 Å². The third-order valence-electron chi connectivity index (χ3n) is 14.5. The smallest absolute Gasteiger partial charge is 0.410 e. The fraction of sp³-hybridized carbons (Fsp3) is 0.574. The number of hydrogen-bond acceptors (Lipinski definition) is 11. The Bertz CT molecular complexity index is 2610. The van der Waals surface area contributed by atoms with Gasteiger partial charge >= 0.3 is 12.1 Å². The van der Waals surface area contributed by atoms with Crippen LogP contribution in [0.5, 0.6) is 17.6 Å². The number of carbonyl (C=O) groups is 1. The highest BCUT2D eigenvalue weighted by Crippen LogP contribution is 2.46. The van der Waals surface area contributed by atoms with Crippen LogP contribution in [0.15, 0.2) is 54.9 Å². The predicted octanol–water partition coefficient (Wildman–Crippen LogP) is 12.3. The Morgan fingerprint density at radius 3 is 2.40 bits per heavy atom. The topological polar surface area (TPSA) is 121 Å². The maximum atomic E-state index is 17.9. The van der Waals surface area contributed by atoms with Gasteiger partial charge in [0.25, 0.3) is 8.32 Å². The molecule has 3 atom stereocenters. The molecule has 16 heteroatoms. The van der Waals surface area contributed by atoms with E-state index in [9.17, 15) is 9.18 Å². The van der Waals surface area contributed by atoms with Gasteiger partial charge in [-0.3, -0.25) is 14.9 Å². The summed E-state index contributed by atoms with van der Waals surface area (Å²) in [6.45, 7) is 21.4. The quantitative estimate of drug-likeness (QED) is 0.0654. The van der Waals surface area contributed by atoms with E-state index >= 15 is 8.78 Å². The largest absolute Gasteiger partial charge is 0.543 e. The average Bonchev–Trinajstić information content (AvgIpc) is 3.72. The van der Waals surface area contributed by atoms with Gasteiger partial charge in [0, 0.05) is 49.3 Å². The molecule has 3 aromatic heterocycles. The molecule has 3 aliphatic rings. The Hall–Kier alpha value is -5.06. The minimum atomic E-state index is -2.56. The highest BCUT2D eigenvalue weighted by atomic mass is 28.4. The van der Waals surface area contributed by atoms with Gasteiger partial charge in [0.05, 0.1) is 35.3 Å². The minimum absolute atomic E-state index is 0.0743. The zero-order valence-corrected chi connectivity index (χ0v) is 43.5. The van der Waals surface area contributed by atoms with E-state index in [1.165, 1.54) is 12.4 Å². The summed E-state index contributed by atoms with van der Waals surface area (Å²) in [5.74, 6) is -0.733. The molecular weight excluding hydrogens is 914 g/mol. The molecule has 5 aromatic rings. The molecule has 0 N–H and O–H groups in total. The van der Waals surface area contributed by atoms with Crippen LogP contribution in [0.3, 0.4) is 0 Å². The molecule has 0 aliphatic carbocycles. The summed E-state index contributed by atoms with van der Waals surface area (Å²) < 4.78 is 81.0. The van der Waals surface area contributed by atoms with E-state index < -0.39 is 37.3 Å². The van der Waals surface area contributed by atoms with Gasteiger partial charge < -0.3 is 28.3 Å². The van der Waals surface area contributed by atoms with E-state index in [-0.39, 0.29) is 76.9 Å². The van der Waals surface area contributed by atoms with Gasteiger partial charge in [-0.05, 0) is 106 Å². The van der Waals surface area contributed by atoms with Gasteiger partial charge in [-0.25, -0.2) is 18.0 Å². The van der Waals surface area contributed by atoms with Gasteiger partial charge in [-0.15, -0.1) is 0 Å². The van der Waals surface area contributed by atoms with Crippen molar-refractivity contribution in [1.29, 1.82) is 0 Å². The third-order valence-corrected chi connectivity index (χ3v) is 20.5. The minimum Gasteiger partial charge on any atom is -0.543 e. The number of carbonyl (C=O) groups excluding carboxylic acids is 1. The zero-order chi connectivity index (χ0) is 50.0. The highest BCUT2D eigenvalue weighted by molar-refractivity contribution is 6.78. The molecule has 3 saturated heterocycles. The summed E-state index contributed by atoms with van der Waals surface area (Å²) in [6.07, 6.45) is 6.42. The molecular formula is C54H71F3N6O6Si. The van der Waals surface area contributed by atoms with Crippen molar-refractivity contribution < 1.29 is 41.3 Å². The summed E-state index contributed by atoms with van der Waals surface area (Å²) in [6, 6.07) is 13.1. The summed E-state index contributed by atoms with van der Waals surface area (Å²) in [5, 5.41) is 0.631. The molecule has 0 bridgehead atoms. The molecule has 1 amide bonds. The lowest BCUT2D eigenvalue weighted by Gasteiger charge is -2.42. The molecule has 12 nitrogen and oxygen atoms in total. The Morgan fingerprint density at radius 1 is 0.914 bits per heavy atom. The molecule has 6 heterocycles. The number of nitrogens with zero attached hydrogens (tertiary/aromatic N) is 6. The van der Waals surface area contributed by atoms with Crippen LogP contribution >= 0.6 is 0 Å². The molecule has 2 aromatic carbocycles. The van der Waals surface area contributed by atoms with E-state index in [1.807, 2.05) is 57.2 Å².